The third kappa shape index (κ3) is 4.85. The van der Waals surface area contributed by atoms with Gasteiger partial charge in [-0.25, -0.2) is 0 Å². The van der Waals surface area contributed by atoms with E-state index in [0.717, 1.165) is 41.5 Å². The maximum atomic E-state index is 12.5. The summed E-state index contributed by atoms with van der Waals surface area (Å²) in [6.45, 7) is 6.07. The Morgan fingerprint density at radius 3 is 2.21 bits per heavy atom. The van der Waals surface area contributed by atoms with E-state index in [9.17, 15) is 9.36 Å². The Bertz CT molecular complexity index is 684. The average Bonchev–Trinajstić information content (AvgIpc) is 2.54. The van der Waals surface area contributed by atoms with Crippen molar-refractivity contribution in [2.24, 2.45) is 0 Å². The number of aryl methyl sites for hydroxylation is 3. The molecular weight excluding hydrogens is 315 g/mol. The molecule has 0 N–H and O–H groups in total. The molecule has 0 amide bonds. The van der Waals surface area contributed by atoms with Crippen LogP contribution in [0.4, 0.5) is 0 Å². The van der Waals surface area contributed by atoms with Gasteiger partial charge in [-0.15, -0.1) is 0 Å². The van der Waals surface area contributed by atoms with Crippen LogP contribution in [0.5, 0.6) is 0 Å². The Morgan fingerprint density at radius 2 is 1.62 bits per heavy atom. The molecule has 0 aliphatic rings. The van der Waals surface area contributed by atoms with Crippen molar-refractivity contribution >= 4 is 14.2 Å². The molecule has 0 fully saturated rings. The highest BCUT2D eigenvalue weighted by Crippen LogP contribution is 2.32. The Balaban J connectivity index is 1.88. The molecule has 0 saturated carbocycles. The number of carbonyl (C=O) groups is 1. The van der Waals surface area contributed by atoms with Crippen LogP contribution in [0.2, 0.25) is 0 Å². The molecule has 1 unspecified atom stereocenters. The molecule has 2 nitrogen and oxygen atoms in total. The molecule has 0 heterocycles. The van der Waals surface area contributed by atoms with E-state index >= 15 is 0 Å². The Kier molecular flexibility index (Phi) is 6.87. The second-order valence-electron chi connectivity index (χ2n) is 6.47. The SMILES string of the molecule is Cc1cc(C)c(C(=O)CCCCC(P=O)c2ccccc2)c(C)c1. The van der Waals surface area contributed by atoms with E-state index in [-0.39, 0.29) is 19.9 Å². The zero-order valence-corrected chi connectivity index (χ0v) is 15.6. The Hall–Kier alpha value is -1.79. The van der Waals surface area contributed by atoms with Crippen LogP contribution < -0.4 is 0 Å². The number of benzene rings is 2. The van der Waals surface area contributed by atoms with Gasteiger partial charge in [-0.05, 0) is 50.3 Å². The van der Waals surface area contributed by atoms with Crippen molar-refractivity contribution in [3.05, 3.63) is 70.3 Å². The number of hydrogen-bond acceptors (Lipinski definition) is 2. The fraction of sp³-hybridized carbons (Fsp3) is 0.381. The summed E-state index contributed by atoms with van der Waals surface area (Å²) in [6, 6.07) is 14.1. The predicted octanol–water partition coefficient (Wildman–Crippen LogP) is 6.39. The number of carbonyl (C=O) groups excluding carboxylic acids is 1. The zero-order valence-electron chi connectivity index (χ0n) is 14.7. The predicted molar refractivity (Wildman–Crippen MR) is 100 cm³/mol. The van der Waals surface area contributed by atoms with E-state index in [0.29, 0.717) is 6.42 Å². The van der Waals surface area contributed by atoms with Crippen LogP contribution in [-0.2, 0) is 4.57 Å². The number of Topliss-reactive ketones (excluding diaryl/α,β-unsaturated/α-hetero) is 1. The maximum Gasteiger partial charge on any atom is 0.163 e. The lowest BCUT2D eigenvalue weighted by Crippen LogP contribution is -2.05. The molecule has 3 heteroatoms. The molecule has 1 atom stereocenters. The smallest absolute Gasteiger partial charge is 0.163 e. The summed E-state index contributed by atoms with van der Waals surface area (Å²) >= 11 is 0. The molecule has 0 aromatic heterocycles. The molecule has 24 heavy (non-hydrogen) atoms. The lowest BCUT2D eigenvalue weighted by Gasteiger charge is -2.11. The molecule has 2 rings (SSSR count). The second kappa shape index (κ2) is 8.89. The van der Waals surface area contributed by atoms with Crippen molar-refractivity contribution in [2.75, 3.05) is 0 Å². The van der Waals surface area contributed by atoms with Gasteiger partial charge in [0.1, 0.15) is 0 Å². The topological polar surface area (TPSA) is 34.1 Å². The second-order valence-corrected chi connectivity index (χ2v) is 7.31. The molecule has 2 aromatic carbocycles. The quantitative estimate of drug-likeness (QED) is 0.317. The molecule has 0 saturated heterocycles. The van der Waals surface area contributed by atoms with Gasteiger partial charge in [-0.2, -0.15) is 0 Å². The van der Waals surface area contributed by atoms with E-state index < -0.39 is 0 Å². The summed E-state index contributed by atoms with van der Waals surface area (Å²) in [7, 11) is 0.157. The summed E-state index contributed by atoms with van der Waals surface area (Å²) in [5, 5.41) is 0. The molecule has 0 aliphatic heterocycles. The monoisotopic (exact) mass is 340 g/mol. The molecular formula is C21H25O2P. The van der Waals surface area contributed by atoms with Crippen LogP contribution in [0.25, 0.3) is 0 Å². The van der Waals surface area contributed by atoms with Crippen LogP contribution >= 0.6 is 8.46 Å². The molecule has 0 radical (unpaired) electrons. The van der Waals surface area contributed by atoms with Crippen LogP contribution in [0.1, 0.15) is 64.0 Å². The molecule has 0 aliphatic carbocycles. The van der Waals surface area contributed by atoms with Crippen molar-refractivity contribution in [3.8, 4) is 0 Å². The number of hydrogen-bond donors (Lipinski definition) is 0. The fourth-order valence-electron chi connectivity index (χ4n) is 3.32. The van der Waals surface area contributed by atoms with Gasteiger partial charge in [0.05, 0.1) is 5.66 Å². The first-order valence-corrected chi connectivity index (χ1v) is 9.39. The van der Waals surface area contributed by atoms with E-state index in [2.05, 4.69) is 19.1 Å². The van der Waals surface area contributed by atoms with Crippen molar-refractivity contribution in [3.63, 3.8) is 0 Å². The van der Waals surface area contributed by atoms with Gasteiger partial charge >= 0.3 is 0 Å². The van der Waals surface area contributed by atoms with Gasteiger partial charge in [0.25, 0.3) is 0 Å². The van der Waals surface area contributed by atoms with Gasteiger partial charge in [0, 0.05) is 12.0 Å². The molecule has 2 aromatic rings. The van der Waals surface area contributed by atoms with E-state index in [1.54, 1.807) is 0 Å². The molecule has 0 bridgehead atoms. The molecule has 126 valence electrons. The van der Waals surface area contributed by atoms with Crippen molar-refractivity contribution in [1.82, 2.24) is 0 Å². The maximum absolute atomic E-state index is 12.5. The molecule has 0 spiro atoms. The van der Waals surface area contributed by atoms with Gasteiger partial charge in [-0.1, -0.05) is 54.4 Å². The first-order valence-electron chi connectivity index (χ1n) is 8.51. The van der Waals surface area contributed by atoms with E-state index in [1.807, 2.05) is 44.2 Å². The third-order valence-corrected chi connectivity index (χ3v) is 5.21. The average molecular weight is 340 g/mol. The number of unbranched alkanes of at least 4 members (excludes halogenated alkanes) is 1. The van der Waals surface area contributed by atoms with Crippen LogP contribution in [-0.4, -0.2) is 5.78 Å². The summed E-state index contributed by atoms with van der Waals surface area (Å²) in [6.07, 6.45) is 3.14. The highest BCUT2D eigenvalue weighted by atomic mass is 31.1. The van der Waals surface area contributed by atoms with Gasteiger partial charge < -0.3 is 0 Å². The number of rotatable bonds is 8. The normalized spacial score (nSPS) is 12.3. The summed E-state index contributed by atoms with van der Waals surface area (Å²) in [5.41, 5.74) is 5.34. The highest BCUT2D eigenvalue weighted by Gasteiger charge is 2.14. The highest BCUT2D eigenvalue weighted by molar-refractivity contribution is 7.24. The number of ketones is 1. The van der Waals surface area contributed by atoms with Crippen molar-refractivity contribution in [1.29, 1.82) is 0 Å². The van der Waals surface area contributed by atoms with Crippen molar-refractivity contribution < 1.29 is 9.36 Å². The van der Waals surface area contributed by atoms with Gasteiger partial charge in [0.15, 0.2) is 14.2 Å². The summed E-state index contributed by atoms with van der Waals surface area (Å²) < 4.78 is 11.4. The van der Waals surface area contributed by atoms with Crippen LogP contribution in [0.15, 0.2) is 42.5 Å². The minimum Gasteiger partial charge on any atom is -0.294 e. The van der Waals surface area contributed by atoms with Crippen LogP contribution in [0, 0.1) is 20.8 Å². The first kappa shape index (κ1) is 18.5. The van der Waals surface area contributed by atoms with E-state index in [4.69, 9.17) is 0 Å². The fourth-order valence-corrected chi connectivity index (χ4v) is 3.91. The van der Waals surface area contributed by atoms with Crippen molar-refractivity contribution in [2.45, 2.75) is 52.1 Å². The third-order valence-electron chi connectivity index (χ3n) is 4.40. The zero-order chi connectivity index (χ0) is 17.5. The summed E-state index contributed by atoms with van der Waals surface area (Å²) in [4.78, 5) is 12.5. The lowest BCUT2D eigenvalue weighted by molar-refractivity contribution is 0.0978. The van der Waals surface area contributed by atoms with Gasteiger partial charge in [0.2, 0.25) is 0 Å². The minimum atomic E-state index is 0.0316. The Morgan fingerprint density at radius 1 is 1.00 bits per heavy atom. The van der Waals surface area contributed by atoms with Crippen LogP contribution in [0.3, 0.4) is 0 Å². The minimum absolute atomic E-state index is 0.0316. The van der Waals surface area contributed by atoms with E-state index in [1.165, 1.54) is 5.56 Å². The first-order chi connectivity index (χ1) is 11.5. The largest absolute Gasteiger partial charge is 0.294 e. The Labute approximate surface area is 146 Å². The summed E-state index contributed by atoms with van der Waals surface area (Å²) in [5.74, 6) is 0.223. The lowest BCUT2D eigenvalue weighted by atomic mass is 9.94. The standard InChI is InChI=1S/C21H25O2P/c1-15-13-16(2)21(17(3)14-15)19(22)11-7-8-12-20(24-23)18-9-5-4-6-10-18/h4-6,9-10,13-14,20H,7-8,11-12H2,1-3H3. The van der Waals surface area contributed by atoms with Gasteiger partial charge in [-0.3, -0.25) is 9.36 Å².